The van der Waals surface area contributed by atoms with E-state index < -0.39 is 12.4 Å². The Morgan fingerprint density at radius 2 is 2.14 bits per heavy atom. The summed E-state index contributed by atoms with van der Waals surface area (Å²) in [5.74, 6) is -0.766. The number of hydrogen-bond acceptors (Lipinski definition) is 4. The molecule has 0 saturated heterocycles. The molecule has 0 saturated carbocycles. The van der Waals surface area contributed by atoms with E-state index in [2.05, 4.69) is 9.89 Å². The number of nitrogens with zero attached hydrogens (tertiary/aromatic N) is 1. The van der Waals surface area contributed by atoms with E-state index in [0.717, 1.165) is 18.3 Å². The molecule has 0 aliphatic rings. The molecular weight excluding hydrogens is 196 g/mol. The van der Waals surface area contributed by atoms with Gasteiger partial charge in [-0.05, 0) is 23.8 Å². The van der Waals surface area contributed by atoms with Gasteiger partial charge >= 0.3 is 6.61 Å². The predicted molar refractivity (Wildman–Crippen MR) is 44.1 cm³/mol. The fourth-order valence-electron chi connectivity index (χ4n) is 0.877. The van der Waals surface area contributed by atoms with Gasteiger partial charge in [-0.15, -0.1) is 0 Å². The molecule has 2 N–H and O–H groups in total. The van der Waals surface area contributed by atoms with Gasteiger partial charge in [0.25, 0.3) is 0 Å². The maximum atomic E-state index is 11.7. The maximum absolute atomic E-state index is 11.7. The summed E-state index contributed by atoms with van der Waals surface area (Å²) >= 11 is 0. The summed E-state index contributed by atoms with van der Waals surface area (Å²) in [5.41, 5.74) is 0.367. The Labute approximate surface area is 78.0 Å². The molecule has 76 valence electrons. The highest BCUT2D eigenvalue weighted by Gasteiger charge is 2.08. The van der Waals surface area contributed by atoms with Crippen molar-refractivity contribution in [2.75, 3.05) is 0 Å². The molecular formula is C8H7F2NO3. The van der Waals surface area contributed by atoms with Crippen LogP contribution in [0, 0.1) is 0 Å². The molecule has 1 rings (SSSR count). The molecule has 0 aliphatic heterocycles. The first-order valence-electron chi connectivity index (χ1n) is 3.58. The molecule has 0 radical (unpaired) electrons. The zero-order chi connectivity index (χ0) is 10.6. The van der Waals surface area contributed by atoms with Crippen molar-refractivity contribution in [1.82, 2.24) is 0 Å². The van der Waals surface area contributed by atoms with Crippen LogP contribution < -0.4 is 4.74 Å². The minimum absolute atomic E-state index is 0.324. The number of rotatable bonds is 3. The molecule has 0 spiro atoms. The predicted octanol–water partition coefficient (Wildman–Crippen LogP) is 1.80. The Balaban J connectivity index is 2.89. The molecule has 0 aliphatic carbocycles. The molecule has 0 bridgehead atoms. The standard InChI is InChI=1S/C8H7F2NO3/c9-8(10)14-7-2-1-5(4-11-13)3-6(7)12/h1-4,8,12-13H. The molecule has 0 aromatic heterocycles. The largest absolute Gasteiger partial charge is 0.504 e. The van der Waals surface area contributed by atoms with Gasteiger partial charge in [0, 0.05) is 0 Å². The Kier molecular flexibility index (Phi) is 3.22. The summed E-state index contributed by atoms with van der Waals surface area (Å²) in [6.45, 7) is -2.99. The maximum Gasteiger partial charge on any atom is 0.387 e. The van der Waals surface area contributed by atoms with E-state index in [1.807, 2.05) is 0 Å². The van der Waals surface area contributed by atoms with Crippen LogP contribution in [0.5, 0.6) is 11.5 Å². The molecule has 0 amide bonds. The number of alkyl halides is 2. The fraction of sp³-hybridized carbons (Fsp3) is 0.125. The second-order valence-electron chi connectivity index (χ2n) is 2.35. The van der Waals surface area contributed by atoms with Crippen molar-refractivity contribution in [2.45, 2.75) is 6.61 Å². The minimum Gasteiger partial charge on any atom is -0.504 e. The number of phenols is 1. The quantitative estimate of drug-likeness (QED) is 0.447. The lowest BCUT2D eigenvalue weighted by Gasteiger charge is -2.06. The number of hydrogen-bond donors (Lipinski definition) is 2. The molecule has 14 heavy (non-hydrogen) atoms. The Hall–Kier alpha value is -1.85. The van der Waals surface area contributed by atoms with Gasteiger partial charge < -0.3 is 15.1 Å². The lowest BCUT2D eigenvalue weighted by atomic mass is 10.2. The highest BCUT2D eigenvalue weighted by Crippen LogP contribution is 2.27. The van der Waals surface area contributed by atoms with Crippen LogP contribution >= 0.6 is 0 Å². The summed E-state index contributed by atoms with van der Waals surface area (Å²) in [6, 6.07) is 3.65. The lowest BCUT2D eigenvalue weighted by Crippen LogP contribution is -2.02. The van der Waals surface area contributed by atoms with Crippen molar-refractivity contribution < 1.29 is 23.8 Å². The Bertz CT molecular complexity index is 341. The van der Waals surface area contributed by atoms with Gasteiger partial charge in [-0.3, -0.25) is 0 Å². The minimum atomic E-state index is -2.99. The number of halogens is 2. The van der Waals surface area contributed by atoms with Gasteiger partial charge in [-0.2, -0.15) is 8.78 Å². The third kappa shape index (κ3) is 2.58. The van der Waals surface area contributed by atoms with Crippen molar-refractivity contribution in [3.8, 4) is 11.5 Å². The topological polar surface area (TPSA) is 62.1 Å². The van der Waals surface area contributed by atoms with Crippen LogP contribution in [0.15, 0.2) is 23.4 Å². The number of aromatic hydroxyl groups is 1. The second kappa shape index (κ2) is 4.40. The summed E-state index contributed by atoms with van der Waals surface area (Å²) in [4.78, 5) is 0. The van der Waals surface area contributed by atoms with Gasteiger partial charge in [0.05, 0.1) is 6.21 Å². The van der Waals surface area contributed by atoms with E-state index in [-0.39, 0.29) is 5.75 Å². The van der Waals surface area contributed by atoms with Crippen LogP contribution in [0.1, 0.15) is 5.56 Å². The third-order valence-corrected chi connectivity index (χ3v) is 1.41. The Morgan fingerprint density at radius 1 is 1.43 bits per heavy atom. The molecule has 0 heterocycles. The van der Waals surface area contributed by atoms with E-state index in [9.17, 15) is 8.78 Å². The van der Waals surface area contributed by atoms with E-state index in [1.54, 1.807) is 0 Å². The van der Waals surface area contributed by atoms with Crippen LogP contribution in [0.3, 0.4) is 0 Å². The zero-order valence-electron chi connectivity index (χ0n) is 6.89. The monoisotopic (exact) mass is 203 g/mol. The van der Waals surface area contributed by atoms with E-state index in [1.165, 1.54) is 6.07 Å². The molecule has 6 heteroatoms. The highest BCUT2D eigenvalue weighted by atomic mass is 19.3. The van der Waals surface area contributed by atoms with Crippen molar-refractivity contribution in [2.24, 2.45) is 5.16 Å². The number of phenolic OH excluding ortho intramolecular Hbond substituents is 1. The summed E-state index contributed by atoms with van der Waals surface area (Å²) in [6.07, 6.45) is 1.05. The van der Waals surface area contributed by atoms with Gasteiger partial charge in [0.1, 0.15) is 0 Å². The third-order valence-electron chi connectivity index (χ3n) is 1.41. The van der Waals surface area contributed by atoms with Crippen LogP contribution in [0.25, 0.3) is 0 Å². The summed E-state index contributed by atoms with van der Waals surface area (Å²) < 4.78 is 27.5. The van der Waals surface area contributed by atoms with Gasteiger partial charge in [0.15, 0.2) is 11.5 Å². The van der Waals surface area contributed by atoms with E-state index >= 15 is 0 Å². The van der Waals surface area contributed by atoms with Crippen molar-refractivity contribution in [1.29, 1.82) is 0 Å². The number of benzene rings is 1. The Morgan fingerprint density at radius 3 is 2.64 bits per heavy atom. The van der Waals surface area contributed by atoms with Crippen molar-refractivity contribution in [3.05, 3.63) is 23.8 Å². The average molecular weight is 203 g/mol. The normalized spacial score (nSPS) is 11.1. The van der Waals surface area contributed by atoms with Crippen LogP contribution in [0.2, 0.25) is 0 Å². The van der Waals surface area contributed by atoms with Gasteiger partial charge in [-0.25, -0.2) is 0 Å². The molecule has 1 aromatic carbocycles. The molecule has 0 atom stereocenters. The van der Waals surface area contributed by atoms with E-state index in [0.29, 0.717) is 5.56 Å². The molecule has 4 nitrogen and oxygen atoms in total. The SMILES string of the molecule is ON=Cc1ccc(OC(F)F)c(O)c1. The zero-order valence-corrected chi connectivity index (χ0v) is 6.89. The molecule has 0 fully saturated rings. The number of ether oxygens (including phenoxy) is 1. The first kappa shape index (κ1) is 10.2. The van der Waals surface area contributed by atoms with Crippen LogP contribution in [-0.4, -0.2) is 23.1 Å². The van der Waals surface area contributed by atoms with Crippen LogP contribution in [0.4, 0.5) is 8.78 Å². The van der Waals surface area contributed by atoms with Gasteiger partial charge in [0.2, 0.25) is 0 Å². The van der Waals surface area contributed by atoms with Gasteiger partial charge in [-0.1, -0.05) is 5.16 Å². The fourth-order valence-corrected chi connectivity index (χ4v) is 0.877. The van der Waals surface area contributed by atoms with Crippen molar-refractivity contribution in [3.63, 3.8) is 0 Å². The van der Waals surface area contributed by atoms with Crippen LogP contribution in [-0.2, 0) is 0 Å². The average Bonchev–Trinajstić information content (AvgIpc) is 2.10. The highest BCUT2D eigenvalue weighted by molar-refractivity contribution is 5.80. The second-order valence-corrected chi connectivity index (χ2v) is 2.35. The lowest BCUT2D eigenvalue weighted by molar-refractivity contribution is -0.0512. The van der Waals surface area contributed by atoms with Crippen molar-refractivity contribution >= 4 is 6.21 Å². The summed E-state index contributed by atoms with van der Waals surface area (Å²) in [5, 5.41) is 20.0. The molecule has 1 aromatic rings. The first-order valence-corrected chi connectivity index (χ1v) is 3.58. The van der Waals surface area contributed by atoms with E-state index in [4.69, 9.17) is 10.3 Å². The first-order chi connectivity index (χ1) is 6.63. The summed E-state index contributed by atoms with van der Waals surface area (Å²) in [7, 11) is 0. The smallest absolute Gasteiger partial charge is 0.387 e. The molecule has 0 unspecified atom stereocenters. The number of oxime groups is 1.